The molecule has 0 spiro atoms. The Balaban J connectivity index is 1.99. The first-order valence-corrected chi connectivity index (χ1v) is 7.51. The number of rotatable bonds is 5. The maximum atomic E-state index is 11.8. The highest BCUT2D eigenvalue weighted by Gasteiger charge is 2.17. The van der Waals surface area contributed by atoms with Gasteiger partial charge in [0.25, 0.3) is 0 Å². The first kappa shape index (κ1) is 15.7. The van der Waals surface area contributed by atoms with E-state index in [1.54, 1.807) is 0 Å². The Bertz CT molecular complexity index is 494. The van der Waals surface area contributed by atoms with Gasteiger partial charge in [-0.3, -0.25) is 4.90 Å². The number of ether oxygens (including phenoxy) is 1. The summed E-state index contributed by atoms with van der Waals surface area (Å²) in [6.07, 6.45) is 5.34. The highest BCUT2D eigenvalue weighted by atomic mass is 16.5. The van der Waals surface area contributed by atoms with Gasteiger partial charge in [-0.2, -0.15) is 0 Å². The van der Waals surface area contributed by atoms with E-state index in [4.69, 9.17) is 10.5 Å². The summed E-state index contributed by atoms with van der Waals surface area (Å²) in [6, 6.07) is 7.95. The lowest BCUT2D eigenvalue weighted by Gasteiger charge is -2.31. The molecule has 0 saturated carbocycles. The monoisotopic (exact) mass is 288 g/mol. The maximum Gasteiger partial charge on any atom is 0.338 e. The Hall–Kier alpha value is -1.65. The third-order valence-electron chi connectivity index (χ3n) is 3.57. The molecule has 1 atom stereocenters. The van der Waals surface area contributed by atoms with Crippen LogP contribution in [0.1, 0.15) is 36.2 Å². The molecule has 0 amide bonds. The normalized spacial score (nSPS) is 19.0. The van der Waals surface area contributed by atoms with E-state index in [2.05, 4.69) is 17.1 Å². The zero-order valence-electron chi connectivity index (χ0n) is 12.8. The van der Waals surface area contributed by atoms with Gasteiger partial charge in [0.05, 0.1) is 11.7 Å². The fourth-order valence-corrected chi connectivity index (χ4v) is 2.47. The smallest absolute Gasteiger partial charge is 0.338 e. The zero-order valence-corrected chi connectivity index (χ0v) is 12.8. The lowest BCUT2D eigenvalue weighted by molar-refractivity contribution is 0.0378. The van der Waals surface area contributed by atoms with E-state index >= 15 is 0 Å². The molecule has 1 aromatic carbocycles. The highest BCUT2D eigenvalue weighted by Crippen LogP contribution is 2.15. The van der Waals surface area contributed by atoms with Crippen molar-refractivity contribution >= 4 is 5.97 Å². The van der Waals surface area contributed by atoms with Crippen molar-refractivity contribution in [3.8, 4) is 0 Å². The van der Waals surface area contributed by atoms with Crippen molar-refractivity contribution in [1.29, 1.82) is 0 Å². The molecule has 1 aromatic rings. The first-order valence-electron chi connectivity index (χ1n) is 7.51. The Kier molecular flexibility index (Phi) is 5.53. The highest BCUT2D eigenvalue weighted by molar-refractivity contribution is 5.89. The Morgan fingerprint density at radius 3 is 2.71 bits per heavy atom. The second-order valence-corrected chi connectivity index (χ2v) is 5.64. The summed E-state index contributed by atoms with van der Waals surface area (Å²) in [4.78, 5) is 14.2. The number of esters is 1. The summed E-state index contributed by atoms with van der Waals surface area (Å²) in [5, 5.41) is 0. The molecule has 0 radical (unpaired) electrons. The van der Waals surface area contributed by atoms with Gasteiger partial charge in [-0.1, -0.05) is 24.3 Å². The fourth-order valence-electron chi connectivity index (χ4n) is 2.47. The van der Waals surface area contributed by atoms with Gasteiger partial charge in [0.1, 0.15) is 0 Å². The lowest BCUT2D eigenvalue weighted by Crippen LogP contribution is -2.41. The maximum absolute atomic E-state index is 11.8. The molecule has 114 valence electrons. The van der Waals surface area contributed by atoms with E-state index in [0.717, 1.165) is 19.5 Å². The van der Waals surface area contributed by atoms with Crippen LogP contribution in [0.2, 0.25) is 0 Å². The number of carbonyl (C=O) groups is 1. The van der Waals surface area contributed by atoms with Gasteiger partial charge in [-0.05, 0) is 38.0 Å². The molecular weight excluding hydrogens is 264 g/mol. The zero-order chi connectivity index (χ0) is 15.2. The van der Waals surface area contributed by atoms with Crippen LogP contribution in [-0.2, 0) is 11.3 Å². The van der Waals surface area contributed by atoms with Crippen molar-refractivity contribution in [1.82, 2.24) is 4.90 Å². The fraction of sp³-hybridized carbons (Fsp3) is 0.471. The SMILES string of the molecule is CC(C)OC(=O)c1ccc(CN2CCC=CC2CN)cc1. The largest absolute Gasteiger partial charge is 0.459 e. The molecule has 1 heterocycles. The van der Waals surface area contributed by atoms with Gasteiger partial charge in [0.2, 0.25) is 0 Å². The summed E-state index contributed by atoms with van der Waals surface area (Å²) in [5.74, 6) is -0.266. The van der Waals surface area contributed by atoms with Crippen molar-refractivity contribution in [3.05, 3.63) is 47.5 Å². The van der Waals surface area contributed by atoms with Gasteiger partial charge in [0, 0.05) is 25.7 Å². The standard InChI is InChI=1S/C17H24N2O2/c1-13(2)21-17(20)15-8-6-14(7-9-15)12-19-10-4-3-5-16(19)11-18/h3,5-9,13,16H,4,10-12,18H2,1-2H3. The molecule has 1 unspecified atom stereocenters. The third kappa shape index (κ3) is 4.41. The van der Waals surface area contributed by atoms with Crippen LogP contribution in [0.5, 0.6) is 0 Å². The molecule has 0 aliphatic carbocycles. The minimum atomic E-state index is -0.266. The van der Waals surface area contributed by atoms with E-state index in [9.17, 15) is 4.79 Å². The van der Waals surface area contributed by atoms with Crippen LogP contribution in [0.25, 0.3) is 0 Å². The van der Waals surface area contributed by atoms with E-state index in [-0.39, 0.29) is 12.1 Å². The minimum Gasteiger partial charge on any atom is -0.459 e. The molecule has 1 aliphatic heterocycles. The lowest BCUT2D eigenvalue weighted by atomic mass is 10.1. The molecule has 21 heavy (non-hydrogen) atoms. The molecule has 0 saturated heterocycles. The average Bonchev–Trinajstić information content (AvgIpc) is 2.48. The number of nitrogens with zero attached hydrogens (tertiary/aromatic N) is 1. The second kappa shape index (κ2) is 7.38. The number of benzene rings is 1. The van der Waals surface area contributed by atoms with E-state index in [0.29, 0.717) is 18.2 Å². The average molecular weight is 288 g/mol. The molecule has 4 nitrogen and oxygen atoms in total. The van der Waals surface area contributed by atoms with Crippen molar-refractivity contribution in [2.45, 2.75) is 39.0 Å². The van der Waals surface area contributed by atoms with E-state index < -0.39 is 0 Å². The predicted molar refractivity (Wildman–Crippen MR) is 84.0 cm³/mol. The van der Waals surface area contributed by atoms with Gasteiger partial charge in [-0.25, -0.2) is 4.79 Å². The second-order valence-electron chi connectivity index (χ2n) is 5.64. The Morgan fingerprint density at radius 2 is 2.10 bits per heavy atom. The van der Waals surface area contributed by atoms with Gasteiger partial charge < -0.3 is 10.5 Å². The van der Waals surface area contributed by atoms with Crippen molar-refractivity contribution in [2.24, 2.45) is 5.73 Å². The summed E-state index contributed by atoms with van der Waals surface area (Å²) in [5.41, 5.74) is 7.59. The summed E-state index contributed by atoms with van der Waals surface area (Å²) in [7, 11) is 0. The number of hydrogen-bond donors (Lipinski definition) is 1. The van der Waals surface area contributed by atoms with Crippen molar-refractivity contribution < 1.29 is 9.53 Å². The van der Waals surface area contributed by atoms with E-state index in [1.165, 1.54) is 5.56 Å². The Morgan fingerprint density at radius 1 is 1.38 bits per heavy atom. The molecular formula is C17H24N2O2. The molecule has 0 aromatic heterocycles. The van der Waals surface area contributed by atoms with Gasteiger partial charge in [0.15, 0.2) is 0 Å². The summed E-state index contributed by atoms with van der Waals surface area (Å²) < 4.78 is 5.19. The molecule has 2 rings (SSSR count). The van der Waals surface area contributed by atoms with Gasteiger partial charge in [-0.15, -0.1) is 0 Å². The van der Waals surface area contributed by atoms with Crippen LogP contribution >= 0.6 is 0 Å². The van der Waals surface area contributed by atoms with Crippen molar-refractivity contribution in [3.63, 3.8) is 0 Å². The Labute approximate surface area is 126 Å². The van der Waals surface area contributed by atoms with E-state index in [1.807, 2.05) is 38.1 Å². The van der Waals surface area contributed by atoms with Crippen LogP contribution in [0.3, 0.4) is 0 Å². The molecule has 2 N–H and O–H groups in total. The van der Waals surface area contributed by atoms with Crippen LogP contribution in [-0.4, -0.2) is 36.1 Å². The summed E-state index contributed by atoms with van der Waals surface area (Å²) >= 11 is 0. The number of nitrogens with two attached hydrogens (primary N) is 1. The minimum absolute atomic E-state index is 0.0948. The van der Waals surface area contributed by atoms with Crippen LogP contribution in [0, 0.1) is 0 Å². The van der Waals surface area contributed by atoms with Crippen LogP contribution in [0.4, 0.5) is 0 Å². The quantitative estimate of drug-likeness (QED) is 0.667. The predicted octanol–water partition coefficient (Wildman–Crippen LogP) is 2.34. The molecule has 4 heteroatoms. The van der Waals surface area contributed by atoms with Crippen LogP contribution < -0.4 is 5.73 Å². The molecule has 0 fully saturated rings. The first-order chi connectivity index (χ1) is 10.1. The molecule has 0 bridgehead atoms. The van der Waals surface area contributed by atoms with Gasteiger partial charge >= 0.3 is 5.97 Å². The topological polar surface area (TPSA) is 55.6 Å². The molecule has 1 aliphatic rings. The number of hydrogen-bond acceptors (Lipinski definition) is 4. The van der Waals surface area contributed by atoms with Crippen molar-refractivity contribution in [2.75, 3.05) is 13.1 Å². The summed E-state index contributed by atoms with van der Waals surface area (Å²) in [6.45, 7) is 6.21. The third-order valence-corrected chi connectivity index (χ3v) is 3.57. The number of carbonyl (C=O) groups excluding carboxylic acids is 1. The van der Waals surface area contributed by atoms with Crippen LogP contribution in [0.15, 0.2) is 36.4 Å².